The first-order valence-corrected chi connectivity index (χ1v) is 9.86. The molecule has 3 rings (SSSR count). The van der Waals surface area contributed by atoms with Crippen LogP contribution < -0.4 is 14.4 Å². The van der Waals surface area contributed by atoms with Crippen LogP contribution in [0.5, 0.6) is 5.75 Å². The zero-order chi connectivity index (χ0) is 20.3. The van der Waals surface area contributed by atoms with Gasteiger partial charge in [0.15, 0.2) is 0 Å². The van der Waals surface area contributed by atoms with Crippen LogP contribution in [-0.4, -0.2) is 29.0 Å². The van der Waals surface area contributed by atoms with Gasteiger partial charge in [-0.3, -0.25) is 0 Å². The minimum absolute atomic E-state index is 0.0635. The van der Waals surface area contributed by atoms with Crippen LogP contribution in [0.15, 0.2) is 53.7 Å². The SMILES string of the molecule is COc1ccc(-[n+]2c(SCC(=O)[O-])n[nH]c2-c2ccc(C(C)(C)C)cc2)cc1. The van der Waals surface area contributed by atoms with Gasteiger partial charge in [-0.1, -0.05) is 32.9 Å². The van der Waals surface area contributed by atoms with Crippen molar-refractivity contribution in [2.45, 2.75) is 31.3 Å². The van der Waals surface area contributed by atoms with Gasteiger partial charge in [-0.15, -0.1) is 5.10 Å². The van der Waals surface area contributed by atoms with E-state index in [-0.39, 0.29) is 11.2 Å². The highest BCUT2D eigenvalue weighted by atomic mass is 32.2. The van der Waals surface area contributed by atoms with E-state index >= 15 is 0 Å². The number of hydrogen-bond donors (Lipinski definition) is 1. The Morgan fingerprint density at radius 1 is 1.14 bits per heavy atom. The molecule has 1 N–H and O–H groups in total. The molecule has 1 heterocycles. The molecule has 1 aromatic heterocycles. The molecule has 2 aromatic carbocycles. The second kappa shape index (κ2) is 8.06. The largest absolute Gasteiger partial charge is 0.549 e. The molecule has 0 aliphatic rings. The van der Waals surface area contributed by atoms with Crippen LogP contribution in [-0.2, 0) is 10.2 Å². The van der Waals surface area contributed by atoms with Crippen LogP contribution in [0.4, 0.5) is 0 Å². The van der Waals surface area contributed by atoms with Gasteiger partial charge in [0.1, 0.15) is 11.4 Å². The fourth-order valence-corrected chi connectivity index (χ4v) is 3.49. The molecule has 0 saturated heterocycles. The predicted octanol–water partition coefficient (Wildman–Crippen LogP) is 2.50. The molecule has 0 unspecified atom stereocenters. The average molecular weight is 398 g/mol. The Labute approximate surface area is 168 Å². The molecular weight excluding hydrogens is 374 g/mol. The lowest BCUT2D eigenvalue weighted by Gasteiger charge is -2.18. The van der Waals surface area contributed by atoms with Crippen molar-refractivity contribution >= 4 is 17.7 Å². The van der Waals surface area contributed by atoms with Gasteiger partial charge in [0.05, 0.1) is 23.7 Å². The van der Waals surface area contributed by atoms with Crippen molar-refractivity contribution < 1.29 is 19.2 Å². The lowest BCUT2D eigenvalue weighted by Crippen LogP contribution is -2.35. The number of ether oxygens (including phenoxy) is 1. The third-order valence-corrected chi connectivity index (χ3v) is 5.26. The lowest BCUT2D eigenvalue weighted by atomic mass is 9.87. The van der Waals surface area contributed by atoms with E-state index in [2.05, 4.69) is 43.1 Å². The maximum absolute atomic E-state index is 10.9. The summed E-state index contributed by atoms with van der Waals surface area (Å²) in [4.78, 5) is 10.9. The molecular formula is C21H23N3O3S. The third kappa shape index (κ3) is 4.36. The molecule has 0 saturated carbocycles. The average Bonchev–Trinajstić information content (AvgIpc) is 3.09. The van der Waals surface area contributed by atoms with E-state index in [9.17, 15) is 9.90 Å². The number of thioether (sulfide) groups is 1. The molecule has 0 bridgehead atoms. The maximum Gasteiger partial charge on any atom is 0.342 e. The molecule has 0 amide bonds. The Morgan fingerprint density at radius 3 is 2.32 bits per heavy atom. The van der Waals surface area contributed by atoms with Gasteiger partial charge in [0, 0.05) is 5.75 Å². The van der Waals surface area contributed by atoms with Crippen molar-refractivity contribution in [1.29, 1.82) is 0 Å². The molecule has 146 valence electrons. The summed E-state index contributed by atoms with van der Waals surface area (Å²) in [7, 11) is 1.61. The molecule has 7 heteroatoms. The number of carbonyl (C=O) groups is 1. The number of benzene rings is 2. The number of aromatic amines is 1. The molecule has 0 aliphatic heterocycles. The second-order valence-corrected chi connectivity index (χ2v) is 8.32. The molecule has 0 aliphatic carbocycles. The highest BCUT2D eigenvalue weighted by Gasteiger charge is 2.24. The van der Waals surface area contributed by atoms with E-state index in [4.69, 9.17) is 4.74 Å². The van der Waals surface area contributed by atoms with Gasteiger partial charge in [-0.2, -0.15) is 4.57 Å². The quantitative estimate of drug-likeness (QED) is 0.510. The summed E-state index contributed by atoms with van der Waals surface area (Å²) in [6.07, 6.45) is 0. The van der Waals surface area contributed by atoms with E-state index in [0.29, 0.717) is 5.16 Å². The Kier molecular flexibility index (Phi) is 5.74. The predicted molar refractivity (Wildman–Crippen MR) is 107 cm³/mol. The van der Waals surface area contributed by atoms with Crippen molar-refractivity contribution in [1.82, 2.24) is 10.2 Å². The molecule has 0 fully saturated rings. The van der Waals surface area contributed by atoms with E-state index in [1.54, 1.807) is 7.11 Å². The second-order valence-electron chi connectivity index (χ2n) is 7.38. The standard InChI is InChI=1S/C21H23N3O3S/c1-21(2,3)15-7-5-14(6-8-15)19-22-23-20(28-13-18(25)26)24(19)16-9-11-17(27-4)12-10-16/h5-12H,13H2,1-4H3,(H,25,26). The van der Waals surface area contributed by atoms with Crippen molar-refractivity contribution in [3.8, 4) is 22.8 Å². The number of carboxylic acid groups (broad SMARTS) is 1. The zero-order valence-electron chi connectivity index (χ0n) is 16.4. The van der Waals surface area contributed by atoms with Crippen molar-refractivity contribution in [3.05, 3.63) is 54.1 Å². The molecule has 0 atom stereocenters. The number of aliphatic carboxylic acids is 1. The maximum atomic E-state index is 10.9. The Hall–Kier alpha value is -2.80. The summed E-state index contributed by atoms with van der Waals surface area (Å²) >= 11 is 1.11. The Balaban J connectivity index is 2.06. The number of nitrogens with zero attached hydrogens (tertiary/aromatic N) is 2. The highest BCUT2D eigenvalue weighted by Crippen LogP contribution is 2.26. The van der Waals surface area contributed by atoms with Crippen LogP contribution in [0.3, 0.4) is 0 Å². The fraction of sp³-hybridized carbons (Fsp3) is 0.286. The summed E-state index contributed by atoms with van der Waals surface area (Å²) in [5, 5.41) is 18.8. The summed E-state index contributed by atoms with van der Waals surface area (Å²) in [5.74, 6) is 0.202. The molecule has 6 nitrogen and oxygen atoms in total. The van der Waals surface area contributed by atoms with Crippen molar-refractivity contribution in [3.63, 3.8) is 0 Å². The monoisotopic (exact) mass is 397 g/mol. The first-order valence-electron chi connectivity index (χ1n) is 8.88. The summed E-state index contributed by atoms with van der Waals surface area (Å²) in [5.41, 5.74) is 3.11. The van der Waals surface area contributed by atoms with Gasteiger partial charge in [0.25, 0.3) is 5.82 Å². The van der Waals surface area contributed by atoms with Crippen LogP contribution >= 0.6 is 11.8 Å². The van der Waals surface area contributed by atoms with Gasteiger partial charge >= 0.3 is 5.16 Å². The summed E-state index contributed by atoms with van der Waals surface area (Å²) in [6.45, 7) is 6.51. The number of rotatable bonds is 6. The van der Waals surface area contributed by atoms with E-state index < -0.39 is 5.97 Å². The number of H-pyrrole nitrogens is 1. The van der Waals surface area contributed by atoms with Crippen LogP contribution in [0, 0.1) is 0 Å². The Morgan fingerprint density at radius 2 is 1.79 bits per heavy atom. The van der Waals surface area contributed by atoms with Crippen LogP contribution in [0.25, 0.3) is 17.1 Å². The zero-order valence-corrected chi connectivity index (χ0v) is 17.2. The normalized spacial score (nSPS) is 11.4. The molecule has 0 radical (unpaired) electrons. The third-order valence-electron chi connectivity index (χ3n) is 4.35. The van der Waals surface area contributed by atoms with Crippen molar-refractivity contribution in [2.24, 2.45) is 0 Å². The van der Waals surface area contributed by atoms with E-state index in [0.717, 1.165) is 34.6 Å². The van der Waals surface area contributed by atoms with Gasteiger partial charge < -0.3 is 14.6 Å². The fourth-order valence-electron chi connectivity index (χ4n) is 2.81. The number of aromatic nitrogens is 3. The highest BCUT2D eigenvalue weighted by molar-refractivity contribution is 7.99. The minimum Gasteiger partial charge on any atom is -0.549 e. The lowest BCUT2D eigenvalue weighted by molar-refractivity contribution is -0.625. The molecule has 28 heavy (non-hydrogen) atoms. The number of hydrogen-bond acceptors (Lipinski definition) is 5. The topological polar surface area (TPSA) is 81.9 Å². The number of carbonyl (C=O) groups excluding carboxylic acids is 1. The van der Waals surface area contributed by atoms with Gasteiger partial charge in [-0.25, -0.2) is 0 Å². The number of carboxylic acids is 1. The smallest absolute Gasteiger partial charge is 0.342 e. The van der Waals surface area contributed by atoms with E-state index in [1.807, 2.05) is 41.0 Å². The van der Waals surface area contributed by atoms with Crippen LogP contribution in [0.2, 0.25) is 0 Å². The minimum atomic E-state index is -1.13. The van der Waals surface area contributed by atoms with Crippen molar-refractivity contribution in [2.75, 3.05) is 12.9 Å². The number of methoxy groups -OCH3 is 1. The van der Waals surface area contributed by atoms with Gasteiger partial charge in [0.2, 0.25) is 0 Å². The van der Waals surface area contributed by atoms with Gasteiger partial charge in [-0.05, 0) is 59.1 Å². The number of nitrogens with one attached hydrogen (secondary N) is 1. The summed E-state index contributed by atoms with van der Waals surface area (Å²) in [6, 6.07) is 15.8. The first kappa shape index (κ1) is 19.9. The van der Waals surface area contributed by atoms with Crippen LogP contribution in [0.1, 0.15) is 26.3 Å². The summed E-state index contributed by atoms with van der Waals surface area (Å²) < 4.78 is 7.13. The molecule has 0 spiro atoms. The Bertz CT molecular complexity index is 958. The molecule has 3 aromatic rings. The first-order chi connectivity index (χ1) is 13.3. The van der Waals surface area contributed by atoms with E-state index in [1.165, 1.54) is 5.56 Å².